The van der Waals surface area contributed by atoms with Crippen molar-refractivity contribution in [2.75, 3.05) is 13.1 Å². The molecule has 1 fully saturated rings. The fourth-order valence-electron chi connectivity index (χ4n) is 3.73. The Morgan fingerprint density at radius 3 is 2.18 bits per heavy atom. The molecule has 3 aromatic rings. The quantitative estimate of drug-likeness (QED) is 0.652. The predicted molar refractivity (Wildman–Crippen MR) is 108 cm³/mol. The van der Waals surface area contributed by atoms with Crippen molar-refractivity contribution in [3.05, 3.63) is 71.0 Å². The first kappa shape index (κ1) is 18.3. The number of fused-ring (bicyclic) bond motifs is 1. The Morgan fingerprint density at radius 2 is 1.50 bits per heavy atom. The number of nitrogens with zero attached hydrogens (tertiary/aromatic N) is 3. The number of piperidine rings is 1. The van der Waals surface area contributed by atoms with E-state index < -0.39 is 0 Å². The number of aryl methyl sites for hydroxylation is 2. The summed E-state index contributed by atoms with van der Waals surface area (Å²) in [5.74, 6) is 0.159. The summed E-state index contributed by atoms with van der Waals surface area (Å²) in [4.78, 5) is 36.5. The third-order valence-corrected chi connectivity index (χ3v) is 5.53. The van der Waals surface area contributed by atoms with E-state index in [-0.39, 0.29) is 17.6 Å². The maximum atomic E-state index is 12.9. The van der Waals surface area contributed by atoms with Gasteiger partial charge in [-0.3, -0.25) is 9.59 Å². The number of Topliss-reactive ketones (excluding diaryl/α,β-unsaturated/α-hetero) is 1. The highest BCUT2D eigenvalue weighted by atomic mass is 16.2. The molecule has 1 aliphatic heterocycles. The molecule has 0 radical (unpaired) electrons. The van der Waals surface area contributed by atoms with Crippen molar-refractivity contribution in [2.45, 2.75) is 26.7 Å². The largest absolute Gasteiger partial charge is 0.339 e. The van der Waals surface area contributed by atoms with Crippen LogP contribution in [0.2, 0.25) is 0 Å². The van der Waals surface area contributed by atoms with E-state index in [2.05, 4.69) is 9.97 Å². The Balaban J connectivity index is 1.46. The lowest BCUT2D eigenvalue weighted by Gasteiger charge is -2.31. The van der Waals surface area contributed by atoms with Gasteiger partial charge in [0.25, 0.3) is 5.91 Å². The van der Waals surface area contributed by atoms with Gasteiger partial charge in [0.1, 0.15) is 0 Å². The molecule has 5 nitrogen and oxygen atoms in total. The topological polar surface area (TPSA) is 63.2 Å². The number of hydrogen-bond donors (Lipinski definition) is 0. The Bertz CT molecular complexity index is 1040. The number of hydrogen-bond acceptors (Lipinski definition) is 4. The smallest absolute Gasteiger partial charge is 0.253 e. The van der Waals surface area contributed by atoms with Crippen LogP contribution < -0.4 is 0 Å². The Morgan fingerprint density at radius 1 is 0.857 bits per heavy atom. The lowest BCUT2D eigenvalue weighted by Crippen LogP contribution is -2.40. The normalized spacial score (nSPS) is 15.0. The van der Waals surface area contributed by atoms with Crippen LogP contribution in [0.25, 0.3) is 11.0 Å². The van der Waals surface area contributed by atoms with E-state index in [0.717, 1.165) is 28.0 Å². The van der Waals surface area contributed by atoms with E-state index in [1.807, 2.05) is 67.3 Å². The number of benzene rings is 2. The predicted octanol–water partition coefficient (Wildman–Crippen LogP) is 3.98. The van der Waals surface area contributed by atoms with Gasteiger partial charge in [-0.25, -0.2) is 9.97 Å². The van der Waals surface area contributed by atoms with Crippen molar-refractivity contribution in [3.8, 4) is 0 Å². The zero-order valence-electron chi connectivity index (χ0n) is 16.2. The third kappa shape index (κ3) is 3.52. The van der Waals surface area contributed by atoms with Crippen molar-refractivity contribution in [3.63, 3.8) is 0 Å². The minimum Gasteiger partial charge on any atom is -0.339 e. The van der Waals surface area contributed by atoms with Crippen LogP contribution in [0.4, 0.5) is 0 Å². The molecule has 2 aromatic carbocycles. The highest BCUT2D eigenvalue weighted by Crippen LogP contribution is 2.24. The first-order valence-corrected chi connectivity index (χ1v) is 9.66. The molecule has 28 heavy (non-hydrogen) atoms. The van der Waals surface area contributed by atoms with Crippen LogP contribution in [-0.4, -0.2) is 39.6 Å². The molecule has 1 saturated heterocycles. The number of likely N-dealkylation sites (tertiary alicyclic amines) is 1. The van der Waals surface area contributed by atoms with Gasteiger partial charge in [0.15, 0.2) is 5.78 Å². The third-order valence-electron chi connectivity index (χ3n) is 5.53. The molecule has 0 bridgehead atoms. The van der Waals surface area contributed by atoms with Gasteiger partial charge in [-0.1, -0.05) is 30.3 Å². The van der Waals surface area contributed by atoms with Crippen LogP contribution in [0.5, 0.6) is 0 Å². The van der Waals surface area contributed by atoms with Crippen LogP contribution >= 0.6 is 0 Å². The fourth-order valence-corrected chi connectivity index (χ4v) is 3.73. The van der Waals surface area contributed by atoms with Gasteiger partial charge in [0.2, 0.25) is 0 Å². The van der Waals surface area contributed by atoms with E-state index in [9.17, 15) is 9.59 Å². The van der Waals surface area contributed by atoms with Crippen LogP contribution in [0.3, 0.4) is 0 Å². The van der Waals surface area contributed by atoms with Crippen molar-refractivity contribution in [2.24, 2.45) is 5.92 Å². The average Bonchev–Trinajstić information content (AvgIpc) is 2.74. The van der Waals surface area contributed by atoms with E-state index >= 15 is 0 Å². The Hall–Kier alpha value is -3.08. The molecule has 0 N–H and O–H groups in total. The van der Waals surface area contributed by atoms with Crippen molar-refractivity contribution in [1.82, 2.24) is 14.9 Å². The summed E-state index contributed by atoms with van der Waals surface area (Å²) in [5.41, 5.74) is 4.69. The van der Waals surface area contributed by atoms with Crippen LogP contribution in [0.15, 0.2) is 48.5 Å². The lowest BCUT2D eigenvalue weighted by molar-refractivity contribution is 0.0650. The number of carbonyl (C=O) groups is 2. The second-order valence-corrected chi connectivity index (χ2v) is 7.39. The summed E-state index contributed by atoms with van der Waals surface area (Å²) in [6, 6.07) is 14.9. The number of carbonyl (C=O) groups excluding carboxylic acids is 2. The number of ketones is 1. The molecular formula is C23H23N3O2. The SMILES string of the molecule is Cc1nc2ccc(C(=O)N3CCC(C(=O)c4ccccc4)CC3)cc2nc1C. The van der Waals surface area contributed by atoms with Gasteiger partial charge < -0.3 is 4.90 Å². The van der Waals surface area contributed by atoms with Crippen LogP contribution in [0, 0.1) is 19.8 Å². The summed E-state index contributed by atoms with van der Waals surface area (Å²) < 4.78 is 0. The van der Waals surface area contributed by atoms with Gasteiger partial charge >= 0.3 is 0 Å². The Kier molecular flexibility index (Phi) is 4.90. The molecule has 1 aliphatic rings. The number of rotatable bonds is 3. The molecule has 1 amide bonds. The molecule has 4 rings (SSSR count). The van der Waals surface area contributed by atoms with E-state index in [4.69, 9.17) is 0 Å². The van der Waals surface area contributed by atoms with Gasteiger partial charge in [-0.2, -0.15) is 0 Å². The van der Waals surface area contributed by atoms with Gasteiger partial charge in [-0.05, 0) is 44.9 Å². The summed E-state index contributed by atoms with van der Waals surface area (Å²) >= 11 is 0. The molecule has 2 heterocycles. The number of amides is 1. The zero-order valence-corrected chi connectivity index (χ0v) is 16.2. The first-order valence-electron chi connectivity index (χ1n) is 9.66. The standard InChI is InChI=1S/C23H23N3O2/c1-15-16(2)25-21-14-19(8-9-20(21)24-15)23(28)26-12-10-18(11-13-26)22(27)17-6-4-3-5-7-17/h3-9,14,18H,10-13H2,1-2H3. The zero-order chi connectivity index (χ0) is 19.7. The maximum absolute atomic E-state index is 12.9. The van der Waals surface area contributed by atoms with E-state index in [0.29, 0.717) is 31.5 Å². The molecule has 0 aliphatic carbocycles. The molecule has 142 valence electrons. The van der Waals surface area contributed by atoms with Crippen molar-refractivity contribution < 1.29 is 9.59 Å². The van der Waals surface area contributed by atoms with E-state index in [1.165, 1.54) is 0 Å². The van der Waals surface area contributed by atoms with Crippen LogP contribution in [-0.2, 0) is 0 Å². The molecule has 1 aromatic heterocycles. The van der Waals surface area contributed by atoms with Gasteiger partial charge in [0.05, 0.1) is 22.4 Å². The highest BCUT2D eigenvalue weighted by Gasteiger charge is 2.28. The highest BCUT2D eigenvalue weighted by molar-refractivity contribution is 5.99. The van der Waals surface area contributed by atoms with E-state index in [1.54, 1.807) is 0 Å². The van der Waals surface area contributed by atoms with Crippen molar-refractivity contribution in [1.29, 1.82) is 0 Å². The molecule has 5 heteroatoms. The summed E-state index contributed by atoms with van der Waals surface area (Å²) in [6.45, 7) is 5.05. The second-order valence-electron chi connectivity index (χ2n) is 7.39. The maximum Gasteiger partial charge on any atom is 0.253 e. The minimum atomic E-state index is -0.0143. The van der Waals surface area contributed by atoms with Gasteiger partial charge in [-0.15, -0.1) is 0 Å². The Labute approximate surface area is 164 Å². The molecule has 0 spiro atoms. The van der Waals surface area contributed by atoms with Crippen LogP contribution in [0.1, 0.15) is 44.9 Å². The van der Waals surface area contributed by atoms with Gasteiger partial charge in [0, 0.05) is 30.1 Å². The summed E-state index contributed by atoms with van der Waals surface area (Å²) in [5, 5.41) is 0. The fraction of sp³-hybridized carbons (Fsp3) is 0.304. The molecule has 0 atom stereocenters. The summed E-state index contributed by atoms with van der Waals surface area (Å²) in [7, 11) is 0. The minimum absolute atomic E-state index is 0.00691. The second kappa shape index (κ2) is 7.50. The average molecular weight is 373 g/mol. The monoisotopic (exact) mass is 373 g/mol. The lowest BCUT2D eigenvalue weighted by atomic mass is 9.88. The van der Waals surface area contributed by atoms with Crippen molar-refractivity contribution >= 4 is 22.7 Å². The molecule has 0 saturated carbocycles. The first-order chi connectivity index (χ1) is 13.5. The molecular weight excluding hydrogens is 350 g/mol. The molecule has 0 unspecified atom stereocenters. The summed E-state index contributed by atoms with van der Waals surface area (Å²) in [6.07, 6.45) is 1.40. The number of aromatic nitrogens is 2.